The molecule has 0 fully saturated rings. The second-order valence-corrected chi connectivity index (χ2v) is 4.16. The summed E-state index contributed by atoms with van der Waals surface area (Å²) in [7, 11) is 0. The van der Waals surface area contributed by atoms with Crippen molar-refractivity contribution >= 4 is 0 Å². The first-order valence-electron chi connectivity index (χ1n) is 5.88. The van der Waals surface area contributed by atoms with Gasteiger partial charge in [-0.15, -0.1) is 0 Å². The van der Waals surface area contributed by atoms with Crippen LogP contribution in [0.4, 0.5) is 13.2 Å². The molecule has 0 amide bonds. The molecule has 2 aromatic carbocycles. The molecule has 1 atom stereocenters. The number of rotatable bonds is 1. The van der Waals surface area contributed by atoms with E-state index in [1.807, 2.05) is 6.07 Å². The van der Waals surface area contributed by atoms with Gasteiger partial charge in [-0.2, -0.15) is 13.2 Å². The summed E-state index contributed by atoms with van der Waals surface area (Å²) in [5.41, 5.74) is 0.0253. The largest absolute Gasteiger partial charge is 0.416 e. The monoisotopic (exact) mass is 276 g/mol. The van der Waals surface area contributed by atoms with E-state index in [4.69, 9.17) is 0 Å². The predicted molar refractivity (Wildman–Crippen MR) is 69.7 cm³/mol. The van der Waals surface area contributed by atoms with Gasteiger partial charge in [0.2, 0.25) is 0 Å². The summed E-state index contributed by atoms with van der Waals surface area (Å²) >= 11 is 0. The van der Waals surface area contributed by atoms with Gasteiger partial charge < -0.3 is 5.11 Å². The van der Waals surface area contributed by atoms with Crippen molar-refractivity contribution < 1.29 is 18.3 Å². The maximum Gasteiger partial charge on any atom is 0.416 e. The highest BCUT2D eigenvalue weighted by atomic mass is 19.4. The lowest BCUT2D eigenvalue weighted by Gasteiger charge is -2.09. The molecule has 1 N–H and O–H groups in total. The van der Waals surface area contributed by atoms with E-state index in [1.165, 1.54) is 12.1 Å². The van der Waals surface area contributed by atoms with Crippen LogP contribution in [-0.2, 0) is 6.18 Å². The zero-order valence-electron chi connectivity index (χ0n) is 10.4. The van der Waals surface area contributed by atoms with Crippen molar-refractivity contribution in [3.8, 4) is 11.8 Å². The second-order valence-electron chi connectivity index (χ2n) is 4.16. The summed E-state index contributed by atoms with van der Waals surface area (Å²) in [6.45, 7) is 0. The molecule has 0 radical (unpaired) electrons. The third kappa shape index (κ3) is 3.62. The van der Waals surface area contributed by atoms with Crippen LogP contribution in [0.15, 0.2) is 54.6 Å². The average Bonchev–Trinajstić information content (AvgIpc) is 2.45. The third-order valence-corrected chi connectivity index (χ3v) is 2.66. The van der Waals surface area contributed by atoms with Gasteiger partial charge in [0, 0.05) is 5.56 Å². The van der Waals surface area contributed by atoms with Crippen LogP contribution in [0.2, 0.25) is 0 Å². The Bertz CT molecular complexity index is 636. The SMILES string of the molecule is O[C@H](C#Cc1ccccc1)c1cccc(C(F)(F)F)c1. The molecule has 20 heavy (non-hydrogen) atoms. The summed E-state index contributed by atoms with van der Waals surface area (Å²) in [4.78, 5) is 0. The Labute approximate surface area is 114 Å². The summed E-state index contributed by atoms with van der Waals surface area (Å²) in [5.74, 6) is 5.25. The van der Waals surface area contributed by atoms with Gasteiger partial charge in [0.15, 0.2) is 0 Å². The Kier molecular flexibility index (Phi) is 4.11. The number of hydrogen-bond acceptors (Lipinski definition) is 1. The molecule has 0 saturated heterocycles. The molecule has 0 aliphatic rings. The van der Waals surface area contributed by atoms with E-state index in [-0.39, 0.29) is 5.56 Å². The maximum absolute atomic E-state index is 12.6. The standard InChI is InChI=1S/C16H11F3O/c17-16(18,19)14-8-4-7-13(11-14)15(20)10-9-12-5-2-1-3-6-12/h1-8,11,15,20H/t15-/m1/s1. The molecule has 0 aliphatic heterocycles. The van der Waals surface area contributed by atoms with Gasteiger partial charge >= 0.3 is 6.18 Å². The van der Waals surface area contributed by atoms with Gasteiger partial charge in [-0.1, -0.05) is 42.2 Å². The molecule has 0 unspecified atom stereocenters. The number of hydrogen-bond donors (Lipinski definition) is 1. The number of benzene rings is 2. The third-order valence-electron chi connectivity index (χ3n) is 2.66. The van der Waals surface area contributed by atoms with E-state index in [0.717, 1.165) is 12.1 Å². The number of aliphatic hydroxyl groups excluding tert-OH is 1. The first-order chi connectivity index (χ1) is 9.47. The molecular formula is C16H11F3O. The lowest BCUT2D eigenvalue weighted by Crippen LogP contribution is -2.06. The Morgan fingerprint density at radius 3 is 2.30 bits per heavy atom. The van der Waals surface area contributed by atoms with Gasteiger partial charge in [-0.3, -0.25) is 0 Å². The summed E-state index contributed by atoms with van der Waals surface area (Å²) < 4.78 is 37.7. The fraction of sp³-hybridized carbons (Fsp3) is 0.125. The lowest BCUT2D eigenvalue weighted by atomic mass is 10.1. The average molecular weight is 276 g/mol. The van der Waals surface area contributed by atoms with Crippen molar-refractivity contribution in [2.75, 3.05) is 0 Å². The molecule has 0 heterocycles. The van der Waals surface area contributed by atoms with E-state index in [0.29, 0.717) is 5.56 Å². The Hall–Kier alpha value is -2.25. The molecule has 0 spiro atoms. The zero-order valence-corrected chi connectivity index (χ0v) is 10.4. The predicted octanol–water partition coefficient (Wildman–Crippen LogP) is 3.79. The second kappa shape index (κ2) is 5.81. The van der Waals surface area contributed by atoms with Crippen LogP contribution >= 0.6 is 0 Å². The van der Waals surface area contributed by atoms with Crippen molar-refractivity contribution in [3.05, 3.63) is 71.3 Å². The van der Waals surface area contributed by atoms with Crippen LogP contribution in [-0.4, -0.2) is 5.11 Å². The molecule has 1 nitrogen and oxygen atoms in total. The first kappa shape index (κ1) is 14.2. The van der Waals surface area contributed by atoms with Crippen LogP contribution in [0.25, 0.3) is 0 Å². The minimum absolute atomic E-state index is 0.128. The van der Waals surface area contributed by atoms with Crippen molar-refractivity contribution in [2.24, 2.45) is 0 Å². The highest BCUT2D eigenvalue weighted by molar-refractivity contribution is 5.37. The van der Waals surface area contributed by atoms with Crippen molar-refractivity contribution in [1.82, 2.24) is 0 Å². The van der Waals surface area contributed by atoms with Crippen LogP contribution in [0.5, 0.6) is 0 Å². The van der Waals surface area contributed by atoms with Crippen LogP contribution in [0.3, 0.4) is 0 Å². The summed E-state index contributed by atoms with van der Waals surface area (Å²) in [6.07, 6.45) is -5.68. The van der Waals surface area contributed by atoms with Crippen molar-refractivity contribution in [2.45, 2.75) is 12.3 Å². The van der Waals surface area contributed by atoms with Crippen molar-refractivity contribution in [3.63, 3.8) is 0 Å². The molecule has 102 valence electrons. The Morgan fingerprint density at radius 2 is 1.65 bits per heavy atom. The van der Waals surface area contributed by atoms with Crippen LogP contribution in [0.1, 0.15) is 22.8 Å². The molecule has 2 aromatic rings. The van der Waals surface area contributed by atoms with Gasteiger partial charge in [-0.25, -0.2) is 0 Å². The lowest BCUT2D eigenvalue weighted by molar-refractivity contribution is -0.137. The summed E-state index contributed by atoms with van der Waals surface area (Å²) in [6, 6.07) is 13.5. The number of aliphatic hydroxyl groups is 1. The molecule has 2 rings (SSSR count). The van der Waals surface area contributed by atoms with E-state index in [9.17, 15) is 18.3 Å². The van der Waals surface area contributed by atoms with E-state index in [1.54, 1.807) is 24.3 Å². The molecule has 0 bridgehead atoms. The molecule has 0 saturated carbocycles. The molecule has 4 heteroatoms. The highest BCUT2D eigenvalue weighted by Gasteiger charge is 2.30. The molecular weight excluding hydrogens is 265 g/mol. The topological polar surface area (TPSA) is 20.2 Å². The van der Waals surface area contributed by atoms with E-state index < -0.39 is 17.8 Å². The van der Waals surface area contributed by atoms with Crippen LogP contribution < -0.4 is 0 Å². The maximum atomic E-state index is 12.6. The molecule has 0 aromatic heterocycles. The summed E-state index contributed by atoms with van der Waals surface area (Å²) in [5, 5.41) is 9.83. The van der Waals surface area contributed by atoms with Gasteiger partial charge in [0.25, 0.3) is 0 Å². The van der Waals surface area contributed by atoms with E-state index in [2.05, 4.69) is 11.8 Å². The fourth-order valence-electron chi connectivity index (χ4n) is 1.64. The normalized spacial score (nSPS) is 12.4. The Balaban J connectivity index is 2.22. The van der Waals surface area contributed by atoms with Gasteiger partial charge in [-0.05, 0) is 29.8 Å². The number of alkyl halides is 3. The minimum Gasteiger partial charge on any atom is -0.376 e. The van der Waals surface area contributed by atoms with Crippen LogP contribution in [0, 0.1) is 11.8 Å². The van der Waals surface area contributed by atoms with E-state index >= 15 is 0 Å². The minimum atomic E-state index is -4.43. The molecule has 0 aliphatic carbocycles. The zero-order chi connectivity index (χ0) is 14.6. The van der Waals surface area contributed by atoms with Gasteiger partial charge in [0.05, 0.1) is 5.56 Å². The fourth-order valence-corrected chi connectivity index (χ4v) is 1.64. The smallest absolute Gasteiger partial charge is 0.376 e. The van der Waals surface area contributed by atoms with Gasteiger partial charge in [0.1, 0.15) is 6.10 Å². The van der Waals surface area contributed by atoms with Crippen molar-refractivity contribution in [1.29, 1.82) is 0 Å². The number of halogens is 3. The quantitative estimate of drug-likeness (QED) is 0.786. The first-order valence-corrected chi connectivity index (χ1v) is 5.88. The Morgan fingerprint density at radius 1 is 0.950 bits per heavy atom. The highest BCUT2D eigenvalue weighted by Crippen LogP contribution is 2.30.